The molecule has 0 saturated heterocycles. The van der Waals surface area contributed by atoms with E-state index in [0.29, 0.717) is 57.5 Å². The largest absolute Gasteiger partial charge is 0.493 e. The van der Waals surface area contributed by atoms with Crippen molar-refractivity contribution < 1.29 is 37.3 Å². The first kappa shape index (κ1) is 30.3. The molecule has 0 aliphatic carbocycles. The van der Waals surface area contributed by atoms with Crippen LogP contribution in [0.3, 0.4) is 0 Å². The first-order valence-electron chi connectivity index (χ1n) is 14.3. The molecular weight excluding hydrogens is 587 g/mol. The molecule has 6 rings (SSSR count). The van der Waals surface area contributed by atoms with Crippen LogP contribution >= 0.6 is 0 Å². The van der Waals surface area contributed by atoms with Gasteiger partial charge in [-0.25, -0.2) is 14.8 Å². The van der Waals surface area contributed by atoms with Gasteiger partial charge in [0.05, 0.1) is 28.9 Å². The summed E-state index contributed by atoms with van der Waals surface area (Å²) in [5.74, 6) is -0.266. The number of halogens is 3. The number of carbonyl (C=O) groups is 1. The summed E-state index contributed by atoms with van der Waals surface area (Å²) in [5, 5.41) is 11.9. The maximum absolute atomic E-state index is 13.1. The normalized spacial score (nSPS) is 13.9. The Kier molecular flexibility index (Phi) is 7.60. The maximum atomic E-state index is 13.1. The van der Waals surface area contributed by atoms with Crippen LogP contribution < -0.4 is 9.47 Å². The fraction of sp³-hybridized carbons (Fsp3) is 0.294. The van der Waals surface area contributed by atoms with E-state index in [0.717, 1.165) is 17.0 Å². The molecule has 5 aromatic rings. The number of aliphatic carboxylic acids is 1. The number of hydrogen-bond acceptors (Lipinski definition) is 7. The van der Waals surface area contributed by atoms with Crippen LogP contribution in [0.4, 0.5) is 13.2 Å². The highest BCUT2D eigenvalue weighted by Crippen LogP contribution is 2.45. The van der Waals surface area contributed by atoms with Gasteiger partial charge in [-0.15, -0.1) is 0 Å². The van der Waals surface area contributed by atoms with E-state index in [1.807, 2.05) is 18.2 Å². The Balaban J connectivity index is 1.52. The van der Waals surface area contributed by atoms with Gasteiger partial charge in [0.15, 0.2) is 6.10 Å². The highest BCUT2D eigenvalue weighted by atomic mass is 19.4. The summed E-state index contributed by atoms with van der Waals surface area (Å²) in [6, 6.07) is 14.4. The predicted molar refractivity (Wildman–Crippen MR) is 161 cm³/mol. The molecule has 232 valence electrons. The van der Waals surface area contributed by atoms with Gasteiger partial charge in [-0.05, 0) is 86.8 Å². The molecule has 0 amide bonds. The van der Waals surface area contributed by atoms with E-state index >= 15 is 0 Å². The summed E-state index contributed by atoms with van der Waals surface area (Å²) in [7, 11) is 0. The number of rotatable bonds is 7. The van der Waals surface area contributed by atoms with E-state index in [1.165, 1.54) is 12.1 Å². The molecule has 0 fully saturated rings. The van der Waals surface area contributed by atoms with Crippen molar-refractivity contribution in [1.29, 1.82) is 0 Å². The van der Waals surface area contributed by atoms with E-state index < -0.39 is 29.5 Å². The van der Waals surface area contributed by atoms with E-state index in [2.05, 4.69) is 9.97 Å². The highest BCUT2D eigenvalue weighted by molar-refractivity contribution is 6.08. The molecule has 1 atom stereocenters. The quantitative estimate of drug-likeness (QED) is 0.199. The zero-order chi connectivity index (χ0) is 32.1. The molecule has 1 aliphatic rings. The first-order chi connectivity index (χ1) is 21.3. The maximum Gasteiger partial charge on any atom is 0.433 e. The van der Waals surface area contributed by atoms with Crippen LogP contribution in [0.5, 0.6) is 11.6 Å². The fourth-order valence-electron chi connectivity index (χ4n) is 5.67. The Labute approximate surface area is 256 Å². The van der Waals surface area contributed by atoms with Gasteiger partial charge in [0.25, 0.3) is 0 Å². The summed E-state index contributed by atoms with van der Waals surface area (Å²) < 4.78 is 57.3. The van der Waals surface area contributed by atoms with Crippen LogP contribution in [0.15, 0.2) is 60.8 Å². The third-order valence-corrected chi connectivity index (χ3v) is 7.48. The van der Waals surface area contributed by atoms with Crippen molar-refractivity contribution >= 4 is 27.8 Å². The molecule has 11 heteroatoms. The van der Waals surface area contributed by atoms with Crippen LogP contribution in [0.2, 0.25) is 0 Å². The van der Waals surface area contributed by atoms with Gasteiger partial charge in [-0.2, -0.15) is 13.2 Å². The molecule has 0 bridgehead atoms. The van der Waals surface area contributed by atoms with E-state index in [-0.39, 0.29) is 18.2 Å². The zero-order valence-corrected chi connectivity index (χ0v) is 25.0. The summed E-state index contributed by atoms with van der Waals surface area (Å²) in [5.41, 5.74) is 2.93. The van der Waals surface area contributed by atoms with Crippen molar-refractivity contribution in [3.05, 3.63) is 88.9 Å². The molecule has 4 heterocycles. The van der Waals surface area contributed by atoms with Crippen LogP contribution in [0.1, 0.15) is 55.0 Å². The second-order valence-electron chi connectivity index (χ2n) is 11.9. The number of carboxylic acids is 1. The zero-order valence-electron chi connectivity index (χ0n) is 25.0. The van der Waals surface area contributed by atoms with Gasteiger partial charge >= 0.3 is 12.1 Å². The second-order valence-corrected chi connectivity index (χ2v) is 11.9. The van der Waals surface area contributed by atoms with Crippen molar-refractivity contribution in [2.24, 2.45) is 0 Å². The number of aromatic nitrogens is 3. The van der Waals surface area contributed by atoms with Gasteiger partial charge in [0, 0.05) is 40.6 Å². The monoisotopic (exact) mass is 617 g/mol. The van der Waals surface area contributed by atoms with Gasteiger partial charge < -0.3 is 19.3 Å². The van der Waals surface area contributed by atoms with Crippen LogP contribution in [0.25, 0.3) is 32.9 Å². The molecule has 0 radical (unpaired) electrons. The van der Waals surface area contributed by atoms with Crippen LogP contribution in [-0.2, 0) is 28.7 Å². The fourth-order valence-corrected chi connectivity index (χ4v) is 5.67. The molecular formula is C34H30F3N3O5. The minimum Gasteiger partial charge on any atom is -0.493 e. The average molecular weight is 618 g/mol. The minimum atomic E-state index is -4.57. The summed E-state index contributed by atoms with van der Waals surface area (Å²) >= 11 is 0. The van der Waals surface area contributed by atoms with Crippen molar-refractivity contribution in [1.82, 2.24) is 15.0 Å². The Morgan fingerprint density at radius 3 is 2.60 bits per heavy atom. The van der Waals surface area contributed by atoms with Crippen molar-refractivity contribution in [3.8, 4) is 22.8 Å². The van der Waals surface area contributed by atoms with E-state index in [9.17, 15) is 23.1 Å². The number of pyridine rings is 3. The molecule has 0 saturated carbocycles. The topological polar surface area (TPSA) is 104 Å². The number of nitrogens with zero attached hydrogens (tertiary/aromatic N) is 3. The Morgan fingerprint density at radius 1 is 1.07 bits per heavy atom. The van der Waals surface area contributed by atoms with Gasteiger partial charge in [-0.3, -0.25) is 4.98 Å². The summed E-state index contributed by atoms with van der Waals surface area (Å²) in [4.78, 5) is 25.8. The minimum absolute atomic E-state index is 0.0969. The average Bonchev–Trinajstić information content (AvgIpc) is 2.98. The third kappa shape index (κ3) is 6.00. The van der Waals surface area contributed by atoms with Gasteiger partial charge in [0.1, 0.15) is 18.1 Å². The second kappa shape index (κ2) is 11.3. The van der Waals surface area contributed by atoms with Gasteiger partial charge in [0.2, 0.25) is 5.88 Å². The lowest BCUT2D eigenvalue weighted by molar-refractivity contribution is -0.160. The smallest absolute Gasteiger partial charge is 0.433 e. The third-order valence-electron chi connectivity index (χ3n) is 7.48. The van der Waals surface area contributed by atoms with Gasteiger partial charge in [-0.1, -0.05) is 6.07 Å². The number of fused-ring (bicyclic) bond motifs is 1. The standard InChI is InChI=1S/C34H30F3N3O5/c1-18-16-23-21(9-11-26(40-23)44-17-20-6-5-7-25(39-20)34(35,36)37)29(27(18)31(32(41)42)45-33(2,3)4)22-8-10-24-28-19(13-15-43-24)12-14-38-30(22)28/h5-12,14,16,31H,13,15,17H2,1-4H3,(H,41,42)/t31-/m0/s1. The lowest BCUT2D eigenvalue weighted by atomic mass is 9.86. The van der Waals surface area contributed by atoms with E-state index in [4.69, 9.17) is 19.2 Å². The Bertz CT molecular complexity index is 1940. The number of carboxylic acid groups (broad SMARTS) is 1. The number of alkyl halides is 3. The van der Waals surface area contributed by atoms with Crippen molar-refractivity contribution in [3.63, 3.8) is 0 Å². The lowest BCUT2D eigenvalue weighted by Gasteiger charge is -2.29. The predicted octanol–water partition coefficient (Wildman–Crippen LogP) is 7.63. The summed E-state index contributed by atoms with van der Waals surface area (Å²) in [6.07, 6.45) is -3.43. The molecule has 2 aromatic carbocycles. The molecule has 0 spiro atoms. The first-order valence-corrected chi connectivity index (χ1v) is 14.3. The number of ether oxygens (including phenoxy) is 3. The van der Waals surface area contributed by atoms with Crippen molar-refractivity contribution in [2.45, 2.75) is 58.6 Å². The van der Waals surface area contributed by atoms with E-state index in [1.54, 1.807) is 52.1 Å². The SMILES string of the molecule is Cc1cc2nc(OCc3cccc(C(F)(F)F)n3)ccc2c(-c2ccc3c4c(ccnc24)CCO3)c1[C@H](OC(C)(C)C)C(=O)O. The molecule has 45 heavy (non-hydrogen) atoms. The lowest BCUT2D eigenvalue weighted by Crippen LogP contribution is -2.28. The van der Waals surface area contributed by atoms with Crippen molar-refractivity contribution in [2.75, 3.05) is 6.61 Å². The van der Waals surface area contributed by atoms with Crippen LogP contribution in [-0.4, -0.2) is 38.2 Å². The summed E-state index contributed by atoms with van der Waals surface area (Å²) in [6.45, 7) is 7.50. The molecule has 8 nitrogen and oxygen atoms in total. The molecule has 1 aliphatic heterocycles. The highest BCUT2D eigenvalue weighted by Gasteiger charge is 2.34. The Morgan fingerprint density at radius 2 is 1.87 bits per heavy atom. The van der Waals surface area contributed by atoms with Crippen LogP contribution in [0, 0.1) is 6.92 Å². The number of hydrogen-bond donors (Lipinski definition) is 1. The molecule has 1 N–H and O–H groups in total. The number of aryl methyl sites for hydroxylation is 1. The number of benzene rings is 2. The Hall–Kier alpha value is -4.77. The molecule has 0 unspecified atom stereocenters. The molecule has 3 aromatic heterocycles.